The number of anilines is 2. The van der Waals surface area contributed by atoms with Gasteiger partial charge in [0, 0.05) is 17.6 Å². The molecule has 0 bridgehead atoms. The van der Waals surface area contributed by atoms with Gasteiger partial charge in [0.1, 0.15) is 17.8 Å². The third kappa shape index (κ3) is 4.94. The minimum absolute atomic E-state index is 0.255. The molecular formula is C19H16Cl2N4O. The number of hydrogen-bond acceptors (Lipinski definition) is 4. The maximum atomic E-state index is 12.3. The van der Waals surface area contributed by atoms with Crippen molar-refractivity contribution in [1.29, 1.82) is 0 Å². The Morgan fingerprint density at radius 2 is 1.85 bits per heavy atom. The van der Waals surface area contributed by atoms with Crippen molar-refractivity contribution in [2.45, 2.75) is 6.42 Å². The van der Waals surface area contributed by atoms with Gasteiger partial charge in [-0.25, -0.2) is 9.97 Å². The highest BCUT2D eigenvalue weighted by Gasteiger charge is 2.10. The van der Waals surface area contributed by atoms with Crippen LogP contribution in [-0.4, -0.2) is 22.4 Å². The fourth-order valence-corrected chi connectivity index (χ4v) is 2.75. The molecule has 2 aromatic carbocycles. The molecule has 1 heterocycles. The molecule has 0 aliphatic heterocycles. The summed E-state index contributed by atoms with van der Waals surface area (Å²) < 4.78 is 0. The molecule has 0 fully saturated rings. The fraction of sp³-hybridized carbons (Fsp3) is 0.105. The number of nitrogens with zero attached hydrogens (tertiary/aromatic N) is 2. The number of amides is 1. The Balaban J connectivity index is 1.60. The van der Waals surface area contributed by atoms with Gasteiger partial charge in [-0.15, -0.1) is 0 Å². The zero-order chi connectivity index (χ0) is 18.4. The van der Waals surface area contributed by atoms with Crippen LogP contribution in [0.15, 0.2) is 60.9 Å². The van der Waals surface area contributed by atoms with Gasteiger partial charge in [-0.1, -0.05) is 47.5 Å². The van der Waals surface area contributed by atoms with E-state index in [1.165, 1.54) is 6.33 Å². The molecule has 1 aromatic heterocycles. The number of carbonyl (C=O) groups is 1. The number of benzene rings is 2. The molecule has 5 nitrogen and oxygen atoms in total. The smallest absolute Gasteiger partial charge is 0.274 e. The van der Waals surface area contributed by atoms with Gasteiger partial charge in [0.15, 0.2) is 0 Å². The molecule has 2 N–H and O–H groups in total. The highest BCUT2D eigenvalue weighted by Crippen LogP contribution is 2.21. The minimum atomic E-state index is -0.349. The molecular weight excluding hydrogens is 371 g/mol. The number of carbonyl (C=O) groups excluding carboxylic acids is 1. The first-order valence-corrected chi connectivity index (χ1v) is 8.73. The van der Waals surface area contributed by atoms with Crippen molar-refractivity contribution in [3.8, 4) is 0 Å². The van der Waals surface area contributed by atoms with Crippen LogP contribution in [0.3, 0.4) is 0 Å². The highest BCUT2D eigenvalue weighted by molar-refractivity contribution is 6.33. The Morgan fingerprint density at radius 1 is 1.00 bits per heavy atom. The average Bonchev–Trinajstić information content (AvgIpc) is 2.64. The van der Waals surface area contributed by atoms with E-state index in [-0.39, 0.29) is 11.6 Å². The zero-order valence-corrected chi connectivity index (χ0v) is 15.3. The fourth-order valence-electron chi connectivity index (χ4n) is 2.35. The lowest BCUT2D eigenvalue weighted by atomic mass is 10.1. The largest absolute Gasteiger partial charge is 0.370 e. The molecule has 0 saturated carbocycles. The summed E-state index contributed by atoms with van der Waals surface area (Å²) in [4.78, 5) is 20.5. The first-order chi connectivity index (χ1) is 12.6. The van der Waals surface area contributed by atoms with Crippen LogP contribution in [0, 0.1) is 0 Å². The van der Waals surface area contributed by atoms with E-state index in [2.05, 4.69) is 20.6 Å². The molecule has 26 heavy (non-hydrogen) atoms. The summed E-state index contributed by atoms with van der Waals surface area (Å²) in [6.07, 6.45) is 2.13. The molecule has 7 heteroatoms. The van der Waals surface area contributed by atoms with Crippen LogP contribution in [0.1, 0.15) is 16.1 Å². The van der Waals surface area contributed by atoms with Crippen LogP contribution in [0.4, 0.5) is 11.5 Å². The number of aromatic nitrogens is 2. The first-order valence-electron chi connectivity index (χ1n) is 7.98. The number of halogens is 2. The second-order valence-corrected chi connectivity index (χ2v) is 6.37. The first kappa shape index (κ1) is 18.2. The number of nitrogens with one attached hydrogen (secondary N) is 2. The quantitative estimate of drug-likeness (QED) is 0.644. The second-order valence-electron chi connectivity index (χ2n) is 5.53. The van der Waals surface area contributed by atoms with Crippen LogP contribution in [0.2, 0.25) is 10.0 Å². The monoisotopic (exact) mass is 386 g/mol. The lowest BCUT2D eigenvalue weighted by Crippen LogP contribution is -2.15. The van der Waals surface area contributed by atoms with E-state index >= 15 is 0 Å². The molecule has 0 spiro atoms. The molecule has 0 aliphatic carbocycles. The molecule has 0 unspecified atom stereocenters. The topological polar surface area (TPSA) is 66.9 Å². The van der Waals surface area contributed by atoms with Gasteiger partial charge in [-0.2, -0.15) is 0 Å². The summed E-state index contributed by atoms with van der Waals surface area (Å²) in [5.41, 5.74) is 1.91. The number of hydrogen-bond donors (Lipinski definition) is 2. The summed E-state index contributed by atoms with van der Waals surface area (Å²) in [7, 11) is 0. The van der Waals surface area contributed by atoms with E-state index in [0.29, 0.717) is 28.1 Å². The van der Waals surface area contributed by atoms with E-state index < -0.39 is 0 Å². The minimum Gasteiger partial charge on any atom is -0.370 e. The Bertz CT molecular complexity index is 917. The van der Waals surface area contributed by atoms with Gasteiger partial charge in [-0.3, -0.25) is 4.79 Å². The van der Waals surface area contributed by atoms with E-state index in [1.54, 1.807) is 30.3 Å². The molecule has 3 aromatic rings. The highest BCUT2D eigenvalue weighted by atomic mass is 35.5. The molecule has 0 atom stereocenters. The Kier molecular flexibility index (Phi) is 6.04. The lowest BCUT2D eigenvalue weighted by Gasteiger charge is -2.09. The second kappa shape index (κ2) is 8.65. The molecule has 0 aliphatic rings. The average molecular weight is 387 g/mol. The van der Waals surface area contributed by atoms with Crippen molar-refractivity contribution in [2.75, 3.05) is 17.2 Å². The van der Waals surface area contributed by atoms with Crippen molar-refractivity contribution in [3.05, 3.63) is 82.2 Å². The van der Waals surface area contributed by atoms with E-state index in [1.807, 2.05) is 24.3 Å². The zero-order valence-electron chi connectivity index (χ0n) is 13.7. The molecule has 0 saturated heterocycles. The van der Waals surface area contributed by atoms with Crippen molar-refractivity contribution in [1.82, 2.24) is 9.97 Å². The van der Waals surface area contributed by atoms with Gasteiger partial charge >= 0.3 is 0 Å². The van der Waals surface area contributed by atoms with Crippen LogP contribution in [0.5, 0.6) is 0 Å². The van der Waals surface area contributed by atoms with Gasteiger partial charge in [0.05, 0.1) is 10.7 Å². The van der Waals surface area contributed by atoms with Gasteiger partial charge in [0.2, 0.25) is 0 Å². The van der Waals surface area contributed by atoms with E-state index in [0.717, 1.165) is 12.0 Å². The van der Waals surface area contributed by atoms with Gasteiger partial charge in [-0.05, 0) is 36.2 Å². The summed E-state index contributed by atoms with van der Waals surface area (Å²) in [6, 6.07) is 16.3. The Hall–Kier alpha value is -2.63. The summed E-state index contributed by atoms with van der Waals surface area (Å²) in [6.45, 7) is 0.656. The van der Waals surface area contributed by atoms with E-state index in [9.17, 15) is 4.79 Å². The summed E-state index contributed by atoms with van der Waals surface area (Å²) in [5, 5.41) is 7.10. The third-order valence-electron chi connectivity index (χ3n) is 3.63. The van der Waals surface area contributed by atoms with Gasteiger partial charge in [0.25, 0.3) is 5.91 Å². The van der Waals surface area contributed by atoms with Crippen LogP contribution in [-0.2, 0) is 6.42 Å². The Labute approximate surface area is 161 Å². The SMILES string of the molecule is O=C(Nc1ccccc1Cl)c1cc(NCCc2cccc(Cl)c2)ncn1. The molecule has 3 rings (SSSR count). The number of para-hydroxylation sites is 1. The molecule has 132 valence electrons. The van der Waals surface area contributed by atoms with Crippen molar-refractivity contribution >= 4 is 40.6 Å². The van der Waals surface area contributed by atoms with E-state index in [4.69, 9.17) is 23.2 Å². The normalized spacial score (nSPS) is 10.4. The Morgan fingerprint density at radius 3 is 2.65 bits per heavy atom. The standard InChI is InChI=1S/C19H16Cl2N4O/c20-14-5-3-4-13(10-14)8-9-22-18-11-17(23-12-24-18)19(26)25-16-7-2-1-6-15(16)21/h1-7,10-12H,8-9H2,(H,25,26)(H,22,23,24). The number of rotatable bonds is 6. The third-order valence-corrected chi connectivity index (χ3v) is 4.20. The molecule has 0 radical (unpaired) electrons. The lowest BCUT2D eigenvalue weighted by molar-refractivity contribution is 0.102. The summed E-state index contributed by atoms with van der Waals surface area (Å²) in [5.74, 6) is 0.227. The maximum Gasteiger partial charge on any atom is 0.274 e. The van der Waals surface area contributed by atoms with Crippen LogP contribution in [0.25, 0.3) is 0 Å². The van der Waals surface area contributed by atoms with Crippen LogP contribution < -0.4 is 10.6 Å². The predicted molar refractivity (Wildman–Crippen MR) is 105 cm³/mol. The van der Waals surface area contributed by atoms with Crippen molar-refractivity contribution < 1.29 is 4.79 Å². The van der Waals surface area contributed by atoms with Crippen molar-refractivity contribution in [3.63, 3.8) is 0 Å². The molecule has 1 amide bonds. The maximum absolute atomic E-state index is 12.3. The van der Waals surface area contributed by atoms with Crippen LogP contribution >= 0.6 is 23.2 Å². The predicted octanol–water partition coefficient (Wildman–Crippen LogP) is 4.69. The van der Waals surface area contributed by atoms with Crippen molar-refractivity contribution in [2.24, 2.45) is 0 Å². The summed E-state index contributed by atoms with van der Waals surface area (Å²) >= 11 is 12.0. The van der Waals surface area contributed by atoms with Gasteiger partial charge < -0.3 is 10.6 Å².